The van der Waals surface area contributed by atoms with Gasteiger partial charge in [0.2, 0.25) is 0 Å². The van der Waals surface area contributed by atoms with Crippen molar-refractivity contribution in [2.75, 3.05) is 11.4 Å². The molecular formula is C14H17FN4. The maximum atomic E-state index is 14.2. The molecule has 19 heavy (non-hydrogen) atoms. The summed E-state index contributed by atoms with van der Waals surface area (Å²) in [6.07, 6.45) is 3.31. The van der Waals surface area contributed by atoms with Crippen LogP contribution in [-0.2, 0) is 13.1 Å². The molecule has 2 rings (SSSR count). The third-order valence-electron chi connectivity index (χ3n) is 2.93. The Balaban J connectivity index is 2.27. The van der Waals surface area contributed by atoms with Gasteiger partial charge in [0.05, 0.1) is 12.2 Å². The van der Waals surface area contributed by atoms with Crippen molar-refractivity contribution in [2.24, 2.45) is 5.73 Å². The Labute approximate surface area is 112 Å². The molecule has 4 nitrogen and oxygen atoms in total. The summed E-state index contributed by atoms with van der Waals surface area (Å²) < 4.78 is 14.2. The maximum absolute atomic E-state index is 14.2. The highest BCUT2D eigenvalue weighted by atomic mass is 19.1. The van der Waals surface area contributed by atoms with Gasteiger partial charge < -0.3 is 10.6 Å². The molecule has 0 radical (unpaired) electrons. The second-order valence-corrected chi connectivity index (χ2v) is 4.15. The van der Waals surface area contributed by atoms with Crippen molar-refractivity contribution < 1.29 is 4.39 Å². The van der Waals surface area contributed by atoms with E-state index in [0.717, 1.165) is 5.69 Å². The summed E-state index contributed by atoms with van der Waals surface area (Å²) in [5, 5.41) is 0. The second kappa shape index (κ2) is 6.24. The smallest absolute Gasteiger partial charge is 0.170 e. The highest BCUT2D eigenvalue weighted by molar-refractivity contribution is 5.43. The predicted molar refractivity (Wildman–Crippen MR) is 73.0 cm³/mol. The normalized spacial score (nSPS) is 10.5. The van der Waals surface area contributed by atoms with Crippen molar-refractivity contribution in [3.05, 3.63) is 53.7 Å². The van der Waals surface area contributed by atoms with Crippen molar-refractivity contribution >= 4 is 5.82 Å². The minimum atomic E-state index is -0.345. The number of aromatic nitrogens is 2. The van der Waals surface area contributed by atoms with Crippen LogP contribution in [0.15, 0.2) is 36.7 Å². The van der Waals surface area contributed by atoms with Crippen molar-refractivity contribution in [1.29, 1.82) is 0 Å². The molecule has 0 saturated heterocycles. The molecule has 0 fully saturated rings. The van der Waals surface area contributed by atoms with E-state index in [2.05, 4.69) is 9.97 Å². The van der Waals surface area contributed by atoms with E-state index in [-0.39, 0.29) is 12.4 Å². The zero-order chi connectivity index (χ0) is 13.7. The van der Waals surface area contributed by atoms with E-state index in [9.17, 15) is 4.39 Å². The van der Waals surface area contributed by atoms with E-state index in [1.165, 1.54) is 0 Å². The lowest BCUT2D eigenvalue weighted by Gasteiger charge is -2.22. The van der Waals surface area contributed by atoms with Crippen LogP contribution in [0.25, 0.3) is 0 Å². The average Bonchev–Trinajstić information content (AvgIpc) is 2.46. The van der Waals surface area contributed by atoms with Crippen LogP contribution in [0, 0.1) is 5.82 Å². The van der Waals surface area contributed by atoms with Gasteiger partial charge in [0.25, 0.3) is 0 Å². The Bertz CT molecular complexity index is 530. The predicted octanol–water partition coefficient (Wildman–Crippen LogP) is 2.10. The molecule has 2 aromatic rings. The lowest BCUT2D eigenvalue weighted by molar-refractivity contribution is 0.593. The van der Waals surface area contributed by atoms with Gasteiger partial charge in [-0.1, -0.05) is 6.07 Å². The van der Waals surface area contributed by atoms with Gasteiger partial charge in [0, 0.05) is 31.0 Å². The number of hydrogen-bond acceptors (Lipinski definition) is 4. The van der Waals surface area contributed by atoms with Crippen LogP contribution >= 0.6 is 0 Å². The van der Waals surface area contributed by atoms with E-state index >= 15 is 0 Å². The van der Waals surface area contributed by atoms with Gasteiger partial charge in [0.1, 0.15) is 0 Å². The number of hydrogen-bond donors (Lipinski definition) is 1. The first-order valence-corrected chi connectivity index (χ1v) is 6.24. The topological polar surface area (TPSA) is 55.0 Å². The van der Waals surface area contributed by atoms with Gasteiger partial charge in [-0.05, 0) is 25.1 Å². The zero-order valence-electron chi connectivity index (χ0n) is 10.9. The van der Waals surface area contributed by atoms with E-state index in [0.29, 0.717) is 24.5 Å². The molecule has 100 valence electrons. The molecule has 0 aliphatic carbocycles. The molecule has 0 amide bonds. The Hall–Kier alpha value is -2.01. The highest BCUT2D eigenvalue weighted by Gasteiger charge is 2.15. The van der Waals surface area contributed by atoms with Gasteiger partial charge in [-0.25, -0.2) is 9.37 Å². The van der Waals surface area contributed by atoms with Crippen molar-refractivity contribution in [3.63, 3.8) is 0 Å². The van der Waals surface area contributed by atoms with E-state index in [1.54, 1.807) is 18.5 Å². The summed E-state index contributed by atoms with van der Waals surface area (Å²) in [7, 11) is 0. The van der Waals surface area contributed by atoms with Gasteiger partial charge >= 0.3 is 0 Å². The first-order valence-electron chi connectivity index (χ1n) is 6.24. The molecule has 0 saturated carbocycles. The summed E-state index contributed by atoms with van der Waals surface area (Å²) in [6, 6.07) is 7.28. The van der Waals surface area contributed by atoms with Gasteiger partial charge in [-0.2, -0.15) is 0 Å². The first-order chi connectivity index (χ1) is 9.26. The Morgan fingerprint density at radius 1 is 1.21 bits per heavy atom. The standard InChI is InChI=1S/C14H17FN4/c1-2-19(10-12-5-3-4-7-17-12)14-13(15)11(9-16)6-8-18-14/h3-8H,2,9-10,16H2,1H3. The number of halogens is 1. The van der Waals surface area contributed by atoms with E-state index in [1.807, 2.05) is 30.0 Å². The maximum Gasteiger partial charge on any atom is 0.170 e. The fourth-order valence-corrected chi connectivity index (χ4v) is 1.87. The molecule has 0 atom stereocenters. The SMILES string of the molecule is CCN(Cc1ccccn1)c1nccc(CN)c1F. The monoisotopic (exact) mass is 260 g/mol. The van der Waals surface area contributed by atoms with Gasteiger partial charge in [-0.3, -0.25) is 4.98 Å². The summed E-state index contributed by atoms with van der Waals surface area (Å²) in [6.45, 7) is 3.30. The zero-order valence-corrected chi connectivity index (χ0v) is 10.9. The fourth-order valence-electron chi connectivity index (χ4n) is 1.87. The Kier molecular flexibility index (Phi) is 4.41. The molecule has 0 bridgehead atoms. The van der Waals surface area contributed by atoms with Crippen LogP contribution in [0.4, 0.5) is 10.2 Å². The average molecular weight is 260 g/mol. The fraction of sp³-hybridized carbons (Fsp3) is 0.286. The second-order valence-electron chi connectivity index (χ2n) is 4.15. The molecule has 2 N–H and O–H groups in total. The Morgan fingerprint density at radius 2 is 2.05 bits per heavy atom. The Morgan fingerprint density at radius 3 is 2.68 bits per heavy atom. The third-order valence-corrected chi connectivity index (χ3v) is 2.93. The van der Waals surface area contributed by atoms with E-state index < -0.39 is 0 Å². The third kappa shape index (κ3) is 3.06. The van der Waals surface area contributed by atoms with Crippen LogP contribution in [0.5, 0.6) is 0 Å². The molecule has 0 aromatic carbocycles. The van der Waals surface area contributed by atoms with Crippen LogP contribution in [0.3, 0.4) is 0 Å². The number of pyridine rings is 2. The van der Waals surface area contributed by atoms with Crippen LogP contribution in [-0.4, -0.2) is 16.5 Å². The number of nitrogens with two attached hydrogens (primary N) is 1. The summed E-state index contributed by atoms with van der Waals surface area (Å²) in [5.74, 6) is -0.0149. The molecule has 5 heteroatoms. The van der Waals surface area contributed by atoms with Crippen LogP contribution < -0.4 is 10.6 Å². The summed E-state index contributed by atoms with van der Waals surface area (Å²) in [5.41, 5.74) is 6.87. The number of nitrogens with zero attached hydrogens (tertiary/aromatic N) is 3. The minimum absolute atomic E-state index is 0.169. The molecule has 0 aliphatic heterocycles. The van der Waals surface area contributed by atoms with Crippen LogP contribution in [0.1, 0.15) is 18.2 Å². The van der Waals surface area contributed by atoms with Gasteiger partial charge in [0.15, 0.2) is 11.6 Å². The van der Waals surface area contributed by atoms with Crippen molar-refractivity contribution in [2.45, 2.75) is 20.0 Å². The lowest BCUT2D eigenvalue weighted by atomic mass is 10.2. The molecule has 0 unspecified atom stereocenters. The van der Waals surface area contributed by atoms with Crippen LogP contribution in [0.2, 0.25) is 0 Å². The highest BCUT2D eigenvalue weighted by Crippen LogP contribution is 2.20. The molecule has 2 heterocycles. The summed E-state index contributed by atoms with van der Waals surface area (Å²) in [4.78, 5) is 10.2. The van der Waals surface area contributed by atoms with Crippen molar-refractivity contribution in [1.82, 2.24) is 9.97 Å². The molecule has 2 aromatic heterocycles. The molecule has 0 aliphatic rings. The number of rotatable bonds is 5. The first kappa shape index (κ1) is 13.4. The number of anilines is 1. The van der Waals surface area contributed by atoms with E-state index in [4.69, 9.17) is 5.73 Å². The van der Waals surface area contributed by atoms with Gasteiger partial charge in [-0.15, -0.1) is 0 Å². The lowest BCUT2D eigenvalue weighted by Crippen LogP contribution is -2.25. The molecular weight excluding hydrogens is 243 g/mol. The summed E-state index contributed by atoms with van der Waals surface area (Å²) >= 11 is 0. The van der Waals surface area contributed by atoms with Crippen molar-refractivity contribution in [3.8, 4) is 0 Å². The quantitative estimate of drug-likeness (QED) is 0.894. The minimum Gasteiger partial charge on any atom is -0.349 e. The molecule has 0 spiro atoms. The largest absolute Gasteiger partial charge is 0.349 e.